The number of benzene rings is 10. The molecule has 0 radical (unpaired) electrons. The lowest BCUT2D eigenvalue weighted by molar-refractivity contribution is 0.753. The molecule has 60 heavy (non-hydrogen) atoms. The maximum atomic E-state index is 2.49. The molecular formula is C59H43N. The minimum atomic E-state index is -0.578. The topological polar surface area (TPSA) is 3.24 Å². The van der Waals surface area contributed by atoms with E-state index in [1.165, 1.54) is 99.7 Å². The number of nitrogens with zero attached hydrogens (tertiary/aromatic N) is 1. The van der Waals surface area contributed by atoms with Crippen molar-refractivity contribution in [3.05, 3.63) is 247 Å². The average Bonchev–Trinajstić information content (AvgIpc) is 3.61. The monoisotopic (exact) mass is 765 g/mol. The molecule has 1 spiro atoms. The fraction of sp³-hybridized carbons (Fsp3) is 0.0508. The molecule has 1 heteroatoms. The molecule has 1 aliphatic heterocycles. The van der Waals surface area contributed by atoms with Crippen LogP contribution in [0, 0.1) is 0 Å². The number of rotatable bonds is 4. The second-order valence-corrected chi connectivity index (χ2v) is 15.7. The van der Waals surface area contributed by atoms with Gasteiger partial charge in [-0.1, -0.05) is 190 Å². The lowest BCUT2D eigenvalue weighted by atomic mass is 9.64. The third kappa shape index (κ3) is 5.47. The number of anilines is 3. The van der Waals surface area contributed by atoms with Crippen molar-refractivity contribution in [1.82, 2.24) is 0 Å². The van der Waals surface area contributed by atoms with Crippen LogP contribution in [0.5, 0.6) is 0 Å². The van der Waals surface area contributed by atoms with Crippen molar-refractivity contribution in [3.63, 3.8) is 0 Å². The summed E-state index contributed by atoms with van der Waals surface area (Å²) in [5, 5.41) is 5.01. The Morgan fingerprint density at radius 3 is 1.25 bits per heavy atom. The van der Waals surface area contributed by atoms with Gasteiger partial charge in [-0.3, -0.25) is 0 Å². The molecular weight excluding hydrogens is 723 g/mol. The minimum Gasteiger partial charge on any atom is -0.310 e. The first kappa shape index (κ1) is 35.7. The van der Waals surface area contributed by atoms with Crippen molar-refractivity contribution in [1.29, 1.82) is 0 Å². The lowest BCUT2D eigenvalue weighted by Gasteiger charge is -2.45. The lowest BCUT2D eigenvalue weighted by Crippen LogP contribution is -2.36. The fourth-order valence-electron chi connectivity index (χ4n) is 9.98. The van der Waals surface area contributed by atoms with Crippen LogP contribution in [0.4, 0.5) is 17.1 Å². The maximum absolute atomic E-state index is 2.49. The Hall–Kier alpha value is -7.48. The smallest absolute Gasteiger partial charge is 0.0754 e. The van der Waals surface area contributed by atoms with Gasteiger partial charge in [-0.25, -0.2) is 0 Å². The molecule has 0 saturated heterocycles. The molecule has 0 unspecified atom stereocenters. The Kier molecular flexibility index (Phi) is 8.57. The van der Waals surface area contributed by atoms with E-state index in [4.69, 9.17) is 0 Å². The van der Waals surface area contributed by atoms with Gasteiger partial charge in [-0.05, 0) is 137 Å². The van der Waals surface area contributed by atoms with Crippen LogP contribution in [0.3, 0.4) is 0 Å². The zero-order chi connectivity index (χ0) is 40.2. The van der Waals surface area contributed by atoms with E-state index in [2.05, 4.69) is 229 Å². The van der Waals surface area contributed by atoms with Gasteiger partial charge in [0.2, 0.25) is 0 Å². The minimum absolute atomic E-state index is 0.578. The predicted octanol–water partition coefficient (Wildman–Crippen LogP) is 16.2. The van der Waals surface area contributed by atoms with Crippen LogP contribution in [0.2, 0.25) is 0 Å². The zero-order valence-corrected chi connectivity index (χ0v) is 33.8. The van der Waals surface area contributed by atoms with Gasteiger partial charge >= 0.3 is 0 Å². The molecule has 2 aliphatic rings. The summed E-state index contributed by atoms with van der Waals surface area (Å²) in [6.07, 6.45) is 0. The first-order valence-corrected chi connectivity index (χ1v) is 21.2. The standard InChI is InChI=1S/C57H37N.C2H6/c1-2-13-38(14-3-1)43-19-12-20-48(35-43)58-55-23-10-8-21-51(55)57(52-22-9-11-24-56(52)58)53-36-46(44-27-25-39-15-4-6-17-41(39)33-44)29-31-49(53)50-32-30-47(37-54(50)57)45-28-26-40-16-5-7-18-42(40)34-45;1-2/h1-37H;1-2H3. The van der Waals surface area contributed by atoms with Crippen LogP contribution in [0.25, 0.3) is 66.1 Å². The normalized spacial score (nSPS) is 12.9. The Bertz CT molecular complexity index is 3070. The highest BCUT2D eigenvalue weighted by atomic mass is 15.2. The van der Waals surface area contributed by atoms with Gasteiger partial charge in [-0.2, -0.15) is 0 Å². The Balaban J connectivity index is 0.00000201. The molecule has 0 atom stereocenters. The van der Waals surface area contributed by atoms with Crippen molar-refractivity contribution in [3.8, 4) is 44.5 Å². The van der Waals surface area contributed by atoms with Gasteiger partial charge in [0.1, 0.15) is 0 Å². The van der Waals surface area contributed by atoms with E-state index < -0.39 is 5.41 Å². The van der Waals surface area contributed by atoms with Gasteiger partial charge in [-0.15, -0.1) is 0 Å². The summed E-state index contributed by atoms with van der Waals surface area (Å²) in [5.41, 5.74) is 18.0. The molecule has 0 fully saturated rings. The van der Waals surface area contributed by atoms with Crippen LogP contribution in [-0.4, -0.2) is 0 Å². The molecule has 1 heterocycles. The highest BCUT2D eigenvalue weighted by Gasteiger charge is 2.52. The van der Waals surface area contributed by atoms with Crippen LogP contribution in [0.1, 0.15) is 36.1 Å². The SMILES string of the molecule is CC.c1ccc(-c2cccc(N3c4ccccc4C4(c5cc(-c6ccc7ccccc7c6)ccc5-c5ccc(-c6ccc7ccccc7c6)cc54)c4ccccc43)c2)cc1. The van der Waals surface area contributed by atoms with E-state index in [1.807, 2.05) is 13.8 Å². The number of fused-ring (bicyclic) bond motifs is 11. The predicted molar refractivity (Wildman–Crippen MR) is 255 cm³/mol. The molecule has 284 valence electrons. The van der Waals surface area contributed by atoms with Crippen molar-refractivity contribution in [2.75, 3.05) is 4.90 Å². The van der Waals surface area contributed by atoms with Crippen LogP contribution in [0.15, 0.2) is 224 Å². The summed E-state index contributed by atoms with van der Waals surface area (Å²) in [6.45, 7) is 4.00. The molecule has 0 bridgehead atoms. The van der Waals surface area contributed by atoms with Crippen LogP contribution in [-0.2, 0) is 5.41 Å². The largest absolute Gasteiger partial charge is 0.310 e. The Morgan fingerprint density at radius 1 is 0.283 bits per heavy atom. The van der Waals surface area contributed by atoms with E-state index in [0.29, 0.717) is 0 Å². The van der Waals surface area contributed by atoms with Gasteiger partial charge in [0.25, 0.3) is 0 Å². The molecule has 10 aromatic rings. The van der Waals surface area contributed by atoms with Gasteiger partial charge < -0.3 is 4.90 Å². The zero-order valence-electron chi connectivity index (χ0n) is 33.8. The maximum Gasteiger partial charge on any atom is 0.0754 e. The third-order valence-electron chi connectivity index (χ3n) is 12.6. The van der Waals surface area contributed by atoms with Crippen LogP contribution >= 0.6 is 0 Å². The van der Waals surface area contributed by atoms with Crippen molar-refractivity contribution >= 4 is 38.6 Å². The van der Waals surface area contributed by atoms with Crippen molar-refractivity contribution in [2.45, 2.75) is 19.3 Å². The van der Waals surface area contributed by atoms with E-state index in [0.717, 1.165) is 5.69 Å². The highest BCUT2D eigenvalue weighted by Crippen LogP contribution is 2.64. The molecule has 0 N–H and O–H groups in total. The van der Waals surface area contributed by atoms with Gasteiger partial charge in [0.15, 0.2) is 0 Å². The fourth-order valence-corrected chi connectivity index (χ4v) is 9.98. The van der Waals surface area contributed by atoms with Crippen LogP contribution < -0.4 is 4.90 Å². The van der Waals surface area contributed by atoms with Gasteiger partial charge in [0.05, 0.1) is 16.8 Å². The number of hydrogen-bond acceptors (Lipinski definition) is 1. The molecule has 10 aromatic carbocycles. The number of para-hydroxylation sites is 2. The quantitative estimate of drug-likeness (QED) is 0.172. The van der Waals surface area contributed by atoms with E-state index in [-0.39, 0.29) is 0 Å². The van der Waals surface area contributed by atoms with E-state index in [9.17, 15) is 0 Å². The molecule has 0 saturated carbocycles. The second kappa shape index (κ2) is 14.4. The van der Waals surface area contributed by atoms with Gasteiger partial charge in [0, 0.05) is 5.69 Å². The first-order valence-electron chi connectivity index (χ1n) is 21.2. The molecule has 12 rings (SSSR count). The van der Waals surface area contributed by atoms with Crippen molar-refractivity contribution in [2.24, 2.45) is 0 Å². The summed E-state index contributed by atoms with van der Waals surface area (Å²) < 4.78 is 0. The summed E-state index contributed by atoms with van der Waals surface area (Å²) in [4.78, 5) is 2.49. The summed E-state index contributed by atoms with van der Waals surface area (Å²) in [6, 6.07) is 83.4. The summed E-state index contributed by atoms with van der Waals surface area (Å²) in [7, 11) is 0. The summed E-state index contributed by atoms with van der Waals surface area (Å²) >= 11 is 0. The van der Waals surface area contributed by atoms with Crippen molar-refractivity contribution < 1.29 is 0 Å². The first-order chi connectivity index (χ1) is 29.7. The molecule has 0 aromatic heterocycles. The van der Waals surface area contributed by atoms with E-state index >= 15 is 0 Å². The summed E-state index contributed by atoms with van der Waals surface area (Å²) in [5.74, 6) is 0. The second-order valence-electron chi connectivity index (χ2n) is 15.7. The highest BCUT2D eigenvalue weighted by molar-refractivity contribution is 5.99. The van der Waals surface area contributed by atoms with E-state index in [1.54, 1.807) is 0 Å². The average molecular weight is 766 g/mol. The molecule has 1 aliphatic carbocycles. The Morgan fingerprint density at radius 2 is 0.700 bits per heavy atom. The molecule has 0 amide bonds. The molecule has 1 nitrogen and oxygen atoms in total. The Labute approximate surface area is 352 Å². The number of hydrogen-bond donors (Lipinski definition) is 0. The third-order valence-corrected chi connectivity index (χ3v) is 12.6.